The van der Waals surface area contributed by atoms with Gasteiger partial charge < -0.3 is 14.9 Å². The fourth-order valence-corrected chi connectivity index (χ4v) is 1.43. The van der Waals surface area contributed by atoms with Gasteiger partial charge in [-0.05, 0) is 27.6 Å². The highest BCUT2D eigenvalue weighted by Gasteiger charge is 2.17. The van der Waals surface area contributed by atoms with Gasteiger partial charge in [0.05, 0.1) is 7.11 Å². The highest BCUT2D eigenvalue weighted by atomic mass is 16.6. The zero-order chi connectivity index (χ0) is 12.3. The number of ether oxygens (including phenoxy) is 1. The van der Waals surface area contributed by atoms with Gasteiger partial charge in [-0.3, -0.25) is 4.98 Å². The summed E-state index contributed by atoms with van der Waals surface area (Å²) >= 11 is 0. The number of nitrogens with zero attached hydrogens (tertiary/aromatic N) is 3. The van der Waals surface area contributed by atoms with E-state index in [1.165, 1.54) is 13.3 Å². The monoisotopic (exact) mass is 231 g/mol. The van der Waals surface area contributed by atoms with Gasteiger partial charge in [-0.1, -0.05) is 0 Å². The molecule has 0 saturated heterocycles. The highest BCUT2D eigenvalue weighted by Crippen LogP contribution is 2.29. The lowest BCUT2D eigenvalue weighted by molar-refractivity contribution is -0.390. The Bertz CT molecular complexity index is 543. The lowest BCUT2D eigenvalue weighted by Crippen LogP contribution is -1.97. The van der Waals surface area contributed by atoms with E-state index in [1.807, 2.05) is 0 Å². The first-order chi connectivity index (χ1) is 8.22. The number of aromatic nitrogens is 2. The molecule has 2 aromatic heterocycles. The molecule has 0 unspecified atom stereocenters. The molecule has 0 bridgehead atoms. The fraction of sp³-hybridized carbons (Fsp3) is 0.0909. The van der Waals surface area contributed by atoms with Crippen molar-refractivity contribution in [1.82, 2.24) is 9.97 Å². The summed E-state index contributed by atoms with van der Waals surface area (Å²) in [7, 11) is 1.38. The van der Waals surface area contributed by atoms with Crippen LogP contribution in [0.4, 0.5) is 5.82 Å². The van der Waals surface area contributed by atoms with Crippen LogP contribution in [0.2, 0.25) is 0 Å². The minimum atomic E-state index is -0.574. The van der Waals surface area contributed by atoms with E-state index >= 15 is 0 Å². The van der Waals surface area contributed by atoms with Crippen molar-refractivity contribution in [2.24, 2.45) is 0 Å². The van der Waals surface area contributed by atoms with E-state index in [4.69, 9.17) is 4.74 Å². The van der Waals surface area contributed by atoms with Crippen LogP contribution in [0.25, 0.3) is 11.1 Å². The first kappa shape index (κ1) is 11.0. The number of hydrogen-bond donors (Lipinski definition) is 0. The topological polar surface area (TPSA) is 78.2 Å². The molecule has 6 nitrogen and oxygen atoms in total. The predicted molar refractivity (Wildman–Crippen MR) is 60.7 cm³/mol. The summed E-state index contributed by atoms with van der Waals surface area (Å²) < 4.78 is 4.95. The number of methoxy groups -OCH3 is 1. The third-order valence-corrected chi connectivity index (χ3v) is 2.24. The van der Waals surface area contributed by atoms with E-state index < -0.39 is 4.92 Å². The lowest BCUT2D eigenvalue weighted by atomic mass is 10.1. The second kappa shape index (κ2) is 4.56. The zero-order valence-electron chi connectivity index (χ0n) is 9.03. The number of nitro groups is 1. The smallest absolute Gasteiger partial charge is 0.406 e. The molecule has 0 aliphatic rings. The van der Waals surface area contributed by atoms with Crippen LogP contribution in [0.5, 0.6) is 5.75 Å². The largest absolute Gasteiger partial charge is 0.489 e. The Morgan fingerprint density at radius 3 is 2.59 bits per heavy atom. The normalized spacial score (nSPS) is 9.94. The Balaban J connectivity index is 2.49. The SMILES string of the molecule is COc1cc(-c2ccncc2)cnc1[N+](=O)[O-]. The summed E-state index contributed by atoms with van der Waals surface area (Å²) in [6.07, 6.45) is 4.72. The molecular formula is C11H9N3O3. The average molecular weight is 231 g/mol. The molecule has 0 fully saturated rings. The Hall–Kier alpha value is -2.50. The predicted octanol–water partition coefficient (Wildman–Crippen LogP) is 2.06. The van der Waals surface area contributed by atoms with Crippen molar-refractivity contribution in [3.05, 3.63) is 46.9 Å². The van der Waals surface area contributed by atoms with Crippen LogP contribution >= 0.6 is 0 Å². The van der Waals surface area contributed by atoms with E-state index in [0.717, 1.165) is 11.1 Å². The quantitative estimate of drug-likeness (QED) is 0.596. The lowest BCUT2D eigenvalue weighted by Gasteiger charge is -2.03. The molecule has 86 valence electrons. The summed E-state index contributed by atoms with van der Waals surface area (Å²) in [6, 6.07) is 5.17. The number of rotatable bonds is 3. The Morgan fingerprint density at radius 1 is 1.29 bits per heavy atom. The Morgan fingerprint density at radius 2 is 2.00 bits per heavy atom. The number of hydrogen-bond acceptors (Lipinski definition) is 5. The van der Waals surface area contributed by atoms with Crippen molar-refractivity contribution >= 4 is 5.82 Å². The third kappa shape index (κ3) is 2.20. The van der Waals surface area contributed by atoms with Crippen molar-refractivity contribution in [3.8, 4) is 16.9 Å². The summed E-state index contributed by atoms with van der Waals surface area (Å²) in [5, 5.41) is 10.7. The van der Waals surface area contributed by atoms with Gasteiger partial charge in [0.1, 0.15) is 6.20 Å². The van der Waals surface area contributed by atoms with E-state index in [9.17, 15) is 10.1 Å². The van der Waals surface area contributed by atoms with Crippen molar-refractivity contribution in [3.63, 3.8) is 0 Å². The maximum absolute atomic E-state index is 10.7. The maximum atomic E-state index is 10.7. The van der Waals surface area contributed by atoms with Gasteiger partial charge in [-0.15, -0.1) is 0 Å². The van der Waals surface area contributed by atoms with Gasteiger partial charge in [0, 0.05) is 24.0 Å². The summed E-state index contributed by atoms with van der Waals surface area (Å²) in [5.74, 6) is -0.144. The molecule has 0 aromatic carbocycles. The second-order valence-corrected chi connectivity index (χ2v) is 3.24. The van der Waals surface area contributed by atoms with E-state index in [-0.39, 0.29) is 11.6 Å². The molecule has 17 heavy (non-hydrogen) atoms. The summed E-state index contributed by atoms with van der Waals surface area (Å²) in [4.78, 5) is 17.8. The van der Waals surface area contributed by atoms with Crippen LogP contribution in [0.1, 0.15) is 0 Å². The Kier molecular flexibility index (Phi) is 2.95. The van der Waals surface area contributed by atoms with Gasteiger partial charge in [0.25, 0.3) is 0 Å². The standard InChI is InChI=1S/C11H9N3O3/c1-17-10-6-9(7-13-11(10)14(15)16)8-2-4-12-5-3-8/h2-7H,1H3. The van der Waals surface area contributed by atoms with Gasteiger partial charge in [0.2, 0.25) is 5.75 Å². The van der Waals surface area contributed by atoms with Gasteiger partial charge in [-0.25, -0.2) is 0 Å². The van der Waals surface area contributed by atoms with E-state index in [1.54, 1.807) is 30.6 Å². The average Bonchev–Trinajstić information content (AvgIpc) is 2.39. The molecule has 0 radical (unpaired) electrons. The van der Waals surface area contributed by atoms with Crippen molar-refractivity contribution < 1.29 is 9.66 Å². The molecule has 0 aliphatic heterocycles. The second-order valence-electron chi connectivity index (χ2n) is 3.24. The fourth-order valence-electron chi connectivity index (χ4n) is 1.43. The van der Waals surface area contributed by atoms with Crippen LogP contribution in [0.3, 0.4) is 0 Å². The molecule has 6 heteroatoms. The zero-order valence-corrected chi connectivity index (χ0v) is 9.03. The van der Waals surface area contributed by atoms with Crippen LogP contribution in [0.15, 0.2) is 36.8 Å². The minimum Gasteiger partial charge on any atom is -0.489 e. The molecule has 2 aromatic rings. The Labute approximate surface area is 97.1 Å². The minimum absolute atomic E-state index is 0.143. The van der Waals surface area contributed by atoms with Crippen LogP contribution in [-0.4, -0.2) is 22.0 Å². The van der Waals surface area contributed by atoms with Crippen LogP contribution < -0.4 is 4.74 Å². The maximum Gasteiger partial charge on any atom is 0.406 e. The van der Waals surface area contributed by atoms with Gasteiger partial charge in [-0.2, -0.15) is 0 Å². The first-order valence-electron chi connectivity index (χ1n) is 4.81. The van der Waals surface area contributed by atoms with Crippen molar-refractivity contribution in [2.45, 2.75) is 0 Å². The molecule has 0 spiro atoms. The van der Waals surface area contributed by atoms with Crippen LogP contribution in [0, 0.1) is 10.1 Å². The summed E-state index contributed by atoms with van der Waals surface area (Å²) in [5.41, 5.74) is 1.62. The molecule has 0 aliphatic carbocycles. The van der Waals surface area contributed by atoms with E-state index in [2.05, 4.69) is 9.97 Å². The van der Waals surface area contributed by atoms with Crippen molar-refractivity contribution in [2.75, 3.05) is 7.11 Å². The molecule has 0 N–H and O–H groups in total. The molecule has 0 saturated carbocycles. The molecule has 0 amide bonds. The third-order valence-electron chi connectivity index (χ3n) is 2.24. The first-order valence-corrected chi connectivity index (χ1v) is 4.81. The van der Waals surface area contributed by atoms with Crippen LogP contribution in [-0.2, 0) is 0 Å². The number of pyridine rings is 2. The molecular weight excluding hydrogens is 222 g/mol. The summed E-state index contributed by atoms with van der Waals surface area (Å²) in [6.45, 7) is 0. The highest BCUT2D eigenvalue weighted by molar-refractivity contribution is 5.65. The van der Waals surface area contributed by atoms with Crippen molar-refractivity contribution in [1.29, 1.82) is 0 Å². The molecule has 2 heterocycles. The molecule has 0 atom stereocenters. The van der Waals surface area contributed by atoms with Gasteiger partial charge in [0.15, 0.2) is 0 Å². The van der Waals surface area contributed by atoms with E-state index in [0.29, 0.717) is 0 Å². The van der Waals surface area contributed by atoms with Gasteiger partial charge >= 0.3 is 5.82 Å². The molecule has 2 rings (SSSR count).